The van der Waals surface area contributed by atoms with Crippen LogP contribution >= 0.6 is 0 Å². The highest BCUT2D eigenvalue weighted by molar-refractivity contribution is 6.22. The summed E-state index contributed by atoms with van der Waals surface area (Å²) in [4.78, 5) is 24.5. The summed E-state index contributed by atoms with van der Waals surface area (Å²) in [5.74, 6) is -0.738. The van der Waals surface area contributed by atoms with Gasteiger partial charge in [0.1, 0.15) is 11.3 Å². The molecular formula is C11H15NO3. The van der Waals surface area contributed by atoms with Crippen molar-refractivity contribution in [3.05, 3.63) is 23.6 Å². The van der Waals surface area contributed by atoms with Crippen LogP contribution < -0.4 is 0 Å². The van der Waals surface area contributed by atoms with E-state index in [-0.39, 0.29) is 22.9 Å². The number of aliphatic hydroxyl groups excluding tert-OH is 1. The first-order valence-corrected chi connectivity index (χ1v) is 4.86. The summed E-state index contributed by atoms with van der Waals surface area (Å²) in [6.07, 6.45) is 4.25. The van der Waals surface area contributed by atoms with E-state index in [1.807, 2.05) is 0 Å². The molecule has 1 saturated carbocycles. The number of hydrogen-bond donors (Lipinski definition) is 1. The van der Waals surface area contributed by atoms with E-state index < -0.39 is 0 Å². The van der Waals surface area contributed by atoms with Crippen LogP contribution in [-0.4, -0.2) is 35.7 Å². The van der Waals surface area contributed by atoms with Crippen LogP contribution in [0.1, 0.15) is 19.3 Å². The molecule has 4 nitrogen and oxygen atoms in total. The van der Waals surface area contributed by atoms with Gasteiger partial charge in [-0.15, -0.1) is 0 Å². The minimum absolute atomic E-state index is 0.0423. The van der Waals surface area contributed by atoms with Gasteiger partial charge in [-0.2, -0.15) is 0 Å². The van der Waals surface area contributed by atoms with Crippen LogP contribution in [0, 0.1) is 0 Å². The van der Waals surface area contributed by atoms with Crippen molar-refractivity contribution < 1.29 is 14.7 Å². The lowest BCUT2D eigenvalue weighted by atomic mass is 9.91. The number of nitrogens with zero attached hydrogens (tertiary/aromatic N) is 1. The summed E-state index contributed by atoms with van der Waals surface area (Å²) in [7, 11) is 3.58. The summed E-state index contributed by atoms with van der Waals surface area (Å²) < 4.78 is 0. The maximum Gasteiger partial charge on any atom is 0.170 e. The Labute approximate surface area is 88.9 Å². The van der Waals surface area contributed by atoms with Crippen molar-refractivity contribution in [2.75, 3.05) is 14.1 Å². The van der Waals surface area contributed by atoms with Crippen molar-refractivity contribution in [2.24, 2.45) is 0 Å². The van der Waals surface area contributed by atoms with Gasteiger partial charge in [0, 0.05) is 33.1 Å². The summed E-state index contributed by atoms with van der Waals surface area (Å²) in [6.45, 7) is 0. The Morgan fingerprint density at radius 1 is 1.27 bits per heavy atom. The molecule has 0 saturated heterocycles. The fourth-order valence-electron chi connectivity index (χ4n) is 1.40. The predicted octanol–water partition coefficient (Wildman–Crippen LogP) is 1.20. The number of ketones is 2. The standard InChI is InChI=1S/C11H15NO3/c1-12(2)7-6-10(15)11-8(13)4-3-5-9(11)14/h6-7,15H,3-5H2,1-2H3/b7-6+. The summed E-state index contributed by atoms with van der Waals surface area (Å²) in [5, 5.41) is 9.59. The predicted molar refractivity (Wildman–Crippen MR) is 56.3 cm³/mol. The fraction of sp³-hybridized carbons (Fsp3) is 0.455. The third-order valence-corrected chi connectivity index (χ3v) is 2.15. The van der Waals surface area contributed by atoms with Crippen molar-refractivity contribution in [1.82, 2.24) is 4.90 Å². The molecule has 1 aliphatic rings. The molecule has 0 aromatic carbocycles. The number of hydrogen-bond acceptors (Lipinski definition) is 4. The zero-order valence-electron chi connectivity index (χ0n) is 8.99. The first-order valence-electron chi connectivity index (χ1n) is 4.86. The minimum atomic E-state index is -0.257. The molecule has 1 aliphatic carbocycles. The van der Waals surface area contributed by atoms with Gasteiger partial charge < -0.3 is 10.0 Å². The van der Waals surface area contributed by atoms with Crippen molar-refractivity contribution >= 4 is 11.6 Å². The van der Waals surface area contributed by atoms with Crippen LogP contribution in [0.25, 0.3) is 0 Å². The highest BCUT2D eigenvalue weighted by atomic mass is 16.3. The normalized spacial score (nSPS) is 17.3. The van der Waals surface area contributed by atoms with Crippen LogP contribution in [0.4, 0.5) is 0 Å². The van der Waals surface area contributed by atoms with Gasteiger partial charge in [-0.1, -0.05) is 0 Å². The number of rotatable bonds is 2. The zero-order chi connectivity index (χ0) is 11.4. The van der Waals surface area contributed by atoms with Gasteiger partial charge in [-0.25, -0.2) is 0 Å². The Bertz CT molecular complexity index is 322. The van der Waals surface area contributed by atoms with Gasteiger partial charge in [0.15, 0.2) is 11.6 Å². The number of aliphatic hydroxyl groups is 1. The molecule has 0 atom stereocenters. The summed E-state index contributed by atoms with van der Waals surface area (Å²) in [5.41, 5.74) is -0.0423. The molecule has 0 spiro atoms. The molecule has 0 radical (unpaired) electrons. The SMILES string of the molecule is CN(C)/C=C/C(O)=C1C(=O)CCCC1=O. The number of carbonyl (C=O) groups excluding carboxylic acids is 2. The molecule has 15 heavy (non-hydrogen) atoms. The topological polar surface area (TPSA) is 57.6 Å². The molecule has 0 heterocycles. The van der Waals surface area contributed by atoms with Crippen LogP contribution in [0.5, 0.6) is 0 Å². The van der Waals surface area contributed by atoms with E-state index in [2.05, 4.69) is 0 Å². The second-order valence-corrected chi connectivity index (χ2v) is 3.74. The number of Topliss-reactive ketones (excluding diaryl/α,β-unsaturated/α-hetero) is 2. The first-order chi connectivity index (χ1) is 7.02. The van der Waals surface area contributed by atoms with Crippen molar-refractivity contribution in [2.45, 2.75) is 19.3 Å². The average molecular weight is 209 g/mol. The summed E-state index contributed by atoms with van der Waals surface area (Å²) in [6, 6.07) is 0. The maximum atomic E-state index is 11.4. The van der Waals surface area contributed by atoms with Gasteiger partial charge >= 0.3 is 0 Å². The molecule has 0 bridgehead atoms. The van der Waals surface area contributed by atoms with E-state index in [1.165, 1.54) is 6.08 Å². The monoisotopic (exact) mass is 209 g/mol. The van der Waals surface area contributed by atoms with Crippen LogP contribution in [-0.2, 0) is 9.59 Å². The Morgan fingerprint density at radius 2 is 1.80 bits per heavy atom. The van der Waals surface area contributed by atoms with E-state index in [0.29, 0.717) is 19.3 Å². The second-order valence-electron chi connectivity index (χ2n) is 3.74. The molecule has 4 heteroatoms. The smallest absolute Gasteiger partial charge is 0.170 e. The quantitative estimate of drug-likeness (QED) is 0.421. The Kier molecular flexibility index (Phi) is 3.66. The molecule has 0 aromatic heterocycles. The van der Waals surface area contributed by atoms with Crippen molar-refractivity contribution in [3.8, 4) is 0 Å². The molecule has 0 aromatic rings. The molecule has 0 amide bonds. The van der Waals surface area contributed by atoms with Gasteiger partial charge in [0.05, 0.1) is 0 Å². The molecule has 1 fully saturated rings. The van der Waals surface area contributed by atoms with E-state index in [4.69, 9.17) is 0 Å². The first kappa shape index (κ1) is 11.5. The zero-order valence-corrected chi connectivity index (χ0v) is 8.99. The Morgan fingerprint density at radius 3 is 2.27 bits per heavy atom. The van der Waals surface area contributed by atoms with Gasteiger partial charge in [0.2, 0.25) is 0 Å². The number of allylic oxidation sites excluding steroid dienone is 2. The van der Waals surface area contributed by atoms with E-state index in [1.54, 1.807) is 25.2 Å². The fourth-order valence-corrected chi connectivity index (χ4v) is 1.40. The van der Waals surface area contributed by atoms with E-state index in [9.17, 15) is 14.7 Å². The lowest BCUT2D eigenvalue weighted by Crippen LogP contribution is -2.20. The maximum absolute atomic E-state index is 11.4. The van der Waals surface area contributed by atoms with Crippen LogP contribution in [0.2, 0.25) is 0 Å². The third-order valence-electron chi connectivity index (χ3n) is 2.15. The van der Waals surface area contributed by atoms with E-state index in [0.717, 1.165) is 0 Å². The molecule has 0 aliphatic heterocycles. The van der Waals surface area contributed by atoms with Crippen LogP contribution in [0.3, 0.4) is 0 Å². The van der Waals surface area contributed by atoms with Gasteiger partial charge in [-0.05, 0) is 12.5 Å². The van der Waals surface area contributed by atoms with Crippen molar-refractivity contribution in [3.63, 3.8) is 0 Å². The molecule has 0 unspecified atom stereocenters. The summed E-state index contributed by atoms with van der Waals surface area (Å²) >= 11 is 0. The third kappa shape index (κ3) is 2.94. The lowest BCUT2D eigenvalue weighted by molar-refractivity contribution is -0.124. The Hall–Kier alpha value is -1.58. The molecule has 82 valence electrons. The largest absolute Gasteiger partial charge is 0.507 e. The lowest BCUT2D eigenvalue weighted by Gasteiger charge is -2.12. The van der Waals surface area contributed by atoms with Crippen LogP contribution in [0.15, 0.2) is 23.6 Å². The van der Waals surface area contributed by atoms with Gasteiger partial charge in [0.25, 0.3) is 0 Å². The van der Waals surface area contributed by atoms with Crippen molar-refractivity contribution in [1.29, 1.82) is 0 Å². The molecule has 1 N–H and O–H groups in total. The molecular weight excluding hydrogens is 194 g/mol. The number of carbonyl (C=O) groups is 2. The van der Waals surface area contributed by atoms with E-state index >= 15 is 0 Å². The minimum Gasteiger partial charge on any atom is -0.507 e. The average Bonchev–Trinajstić information content (AvgIpc) is 2.14. The second kappa shape index (κ2) is 4.77. The van der Waals surface area contributed by atoms with Gasteiger partial charge in [-0.3, -0.25) is 9.59 Å². The Balaban J connectivity index is 2.94. The highest BCUT2D eigenvalue weighted by Gasteiger charge is 2.25. The molecule has 1 rings (SSSR count). The highest BCUT2D eigenvalue weighted by Crippen LogP contribution is 2.19.